The van der Waals surface area contributed by atoms with Crippen molar-refractivity contribution in [2.45, 2.75) is 19.4 Å². The van der Waals surface area contributed by atoms with Crippen molar-refractivity contribution >= 4 is 11.8 Å². The number of rotatable bonds is 5. The molecule has 10 nitrogen and oxygen atoms in total. The fraction of sp³-hybridized carbons (Fsp3) is 0.588. The highest BCUT2D eigenvalue weighted by atomic mass is 16.5. The number of likely N-dealkylation sites (tertiary alicyclic amines) is 1. The minimum atomic E-state index is -0.445. The first kappa shape index (κ1) is 17.7. The van der Waals surface area contributed by atoms with Crippen molar-refractivity contribution in [2.24, 2.45) is 24.1 Å². The monoisotopic (exact) mass is 373 g/mol. The molecule has 0 spiro atoms. The summed E-state index contributed by atoms with van der Waals surface area (Å²) in [5.41, 5.74) is 6.79. The molecular formula is C17H23N7O3. The van der Waals surface area contributed by atoms with Crippen LogP contribution in [0.4, 0.5) is 0 Å². The zero-order valence-corrected chi connectivity index (χ0v) is 15.4. The molecule has 0 saturated carbocycles. The molecular weight excluding hydrogens is 350 g/mol. The van der Waals surface area contributed by atoms with Crippen LogP contribution in [0.5, 0.6) is 0 Å². The lowest BCUT2D eigenvalue weighted by atomic mass is 9.89. The van der Waals surface area contributed by atoms with E-state index in [0.29, 0.717) is 26.3 Å². The number of nitrogens with two attached hydrogens (primary N) is 1. The third kappa shape index (κ3) is 3.32. The van der Waals surface area contributed by atoms with E-state index in [1.807, 2.05) is 13.2 Å². The number of aryl methyl sites for hydroxylation is 1. The summed E-state index contributed by atoms with van der Waals surface area (Å²) in [5, 5.41) is 12.3. The van der Waals surface area contributed by atoms with Crippen LogP contribution >= 0.6 is 0 Å². The number of nitrogens with zero attached hydrogens (tertiary/aromatic N) is 6. The lowest BCUT2D eigenvalue weighted by Crippen LogP contribution is -2.43. The number of carbonyl (C=O) groups is 2. The predicted molar refractivity (Wildman–Crippen MR) is 93.5 cm³/mol. The predicted octanol–water partition coefficient (Wildman–Crippen LogP) is -0.611. The molecule has 0 aliphatic carbocycles. The number of primary amides is 1. The Bertz CT molecular complexity index is 870. The van der Waals surface area contributed by atoms with E-state index in [4.69, 9.17) is 10.5 Å². The third-order valence-electron chi connectivity index (χ3n) is 5.33. The summed E-state index contributed by atoms with van der Waals surface area (Å²) < 4.78 is 8.60. The second kappa shape index (κ2) is 6.45. The van der Waals surface area contributed by atoms with Crippen molar-refractivity contribution in [3.8, 4) is 0 Å². The molecule has 2 aromatic rings. The number of amides is 2. The van der Waals surface area contributed by atoms with Gasteiger partial charge in [0.05, 0.1) is 38.1 Å². The van der Waals surface area contributed by atoms with Crippen LogP contribution in [0.1, 0.15) is 28.9 Å². The van der Waals surface area contributed by atoms with E-state index in [-0.39, 0.29) is 29.5 Å². The molecule has 2 fully saturated rings. The van der Waals surface area contributed by atoms with Crippen LogP contribution in [0.3, 0.4) is 0 Å². The molecule has 2 aromatic heterocycles. The maximum Gasteiger partial charge on any atom is 0.276 e. The summed E-state index contributed by atoms with van der Waals surface area (Å²) >= 11 is 0. The SMILES string of the molecule is Cn1cc([C@H]2CN(C(=O)c3cn(CC4(C)COC4)nn3)C[C@@H]2C(N)=O)cn1. The van der Waals surface area contributed by atoms with Crippen LogP contribution in [0.2, 0.25) is 0 Å². The first-order valence-electron chi connectivity index (χ1n) is 8.90. The smallest absolute Gasteiger partial charge is 0.276 e. The molecule has 2 aliphatic heterocycles. The quantitative estimate of drug-likeness (QED) is 0.746. The molecule has 10 heteroatoms. The van der Waals surface area contributed by atoms with Crippen LogP contribution < -0.4 is 5.73 Å². The normalized spacial score (nSPS) is 24.0. The molecule has 2 atom stereocenters. The first-order chi connectivity index (χ1) is 12.8. The highest BCUT2D eigenvalue weighted by Crippen LogP contribution is 2.33. The lowest BCUT2D eigenvalue weighted by molar-refractivity contribution is -0.121. The van der Waals surface area contributed by atoms with E-state index in [0.717, 1.165) is 5.56 Å². The molecule has 2 N–H and O–H groups in total. The van der Waals surface area contributed by atoms with Gasteiger partial charge in [-0.05, 0) is 5.56 Å². The number of ether oxygens (including phenoxy) is 1. The van der Waals surface area contributed by atoms with Gasteiger partial charge in [-0.25, -0.2) is 0 Å². The van der Waals surface area contributed by atoms with Gasteiger partial charge in [-0.15, -0.1) is 5.10 Å². The van der Waals surface area contributed by atoms with Crippen molar-refractivity contribution in [3.63, 3.8) is 0 Å². The molecule has 27 heavy (non-hydrogen) atoms. The lowest BCUT2D eigenvalue weighted by Gasteiger charge is -2.37. The van der Waals surface area contributed by atoms with Crippen molar-refractivity contribution in [3.05, 3.63) is 29.8 Å². The highest BCUT2D eigenvalue weighted by molar-refractivity contribution is 5.93. The van der Waals surface area contributed by atoms with Gasteiger partial charge in [0, 0.05) is 37.7 Å². The van der Waals surface area contributed by atoms with Crippen molar-refractivity contribution in [2.75, 3.05) is 26.3 Å². The molecule has 4 rings (SSSR count). The molecule has 0 bridgehead atoms. The Morgan fingerprint density at radius 3 is 2.70 bits per heavy atom. The van der Waals surface area contributed by atoms with Gasteiger partial charge in [0.15, 0.2) is 5.69 Å². The van der Waals surface area contributed by atoms with E-state index in [1.54, 1.807) is 26.7 Å². The van der Waals surface area contributed by atoms with E-state index in [1.165, 1.54) is 0 Å². The summed E-state index contributed by atoms with van der Waals surface area (Å²) in [6.07, 6.45) is 5.22. The first-order valence-corrected chi connectivity index (χ1v) is 8.90. The van der Waals surface area contributed by atoms with Crippen molar-refractivity contribution < 1.29 is 14.3 Å². The van der Waals surface area contributed by atoms with Crippen LogP contribution in [0.25, 0.3) is 0 Å². The van der Waals surface area contributed by atoms with Gasteiger partial charge in [-0.2, -0.15) is 5.10 Å². The summed E-state index contributed by atoms with van der Waals surface area (Å²) in [6.45, 7) is 4.78. The Morgan fingerprint density at radius 2 is 2.11 bits per heavy atom. The van der Waals surface area contributed by atoms with E-state index in [2.05, 4.69) is 22.3 Å². The molecule has 144 valence electrons. The van der Waals surface area contributed by atoms with Crippen molar-refractivity contribution in [1.29, 1.82) is 0 Å². The molecule has 4 heterocycles. The molecule has 2 saturated heterocycles. The Morgan fingerprint density at radius 1 is 1.33 bits per heavy atom. The number of aromatic nitrogens is 5. The summed E-state index contributed by atoms with van der Waals surface area (Å²) in [6, 6.07) is 0. The molecule has 0 unspecified atom stereocenters. The zero-order chi connectivity index (χ0) is 19.2. The Balaban J connectivity index is 1.49. The fourth-order valence-corrected chi connectivity index (χ4v) is 3.80. The van der Waals surface area contributed by atoms with Crippen LogP contribution in [0.15, 0.2) is 18.6 Å². The molecule has 2 amide bonds. The number of hydrogen-bond donors (Lipinski definition) is 1. The van der Waals surface area contributed by atoms with Gasteiger partial charge in [-0.1, -0.05) is 12.1 Å². The fourth-order valence-electron chi connectivity index (χ4n) is 3.80. The van der Waals surface area contributed by atoms with Crippen LogP contribution in [-0.2, 0) is 23.1 Å². The van der Waals surface area contributed by atoms with E-state index >= 15 is 0 Å². The second-order valence-corrected chi connectivity index (χ2v) is 7.88. The van der Waals surface area contributed by atoms with Gasteiger partial charge >= 0.3 is 0 Å². The van der Waals surface area contributed by atoms with Gasteiger partial charge in [-0.3, -0.25) is 19.0 Å². The summed E-state index contributed by atoms with van der Waals surface area (Å²) in [7, 11) is 1.81. The number of hydrogen-bond acceptors (Lipinski definition) is 6. The Labute approximate surface area is 156 Å². The second-order valence-electron chi connectivity index (χ2n) is 7.88. The standard InChI is InChI=1S/C17H23N7O3/c1-17(9-27-10-17)8-24-7-14(20-21-24)16(26)23-5-12(13(6-23)15(18)25)11-3-19-22(2)4-11/h3-4,7,12-13H,5-6,8-10H2,1-2H3,(H2,18,25)/t12-,13+/m1/s1. The maximum absolute atomic E-state index is 12.9. The minimum absolute atomic E-state index is 0.0319. The van der Waals surface area contributed by atoms with Crippen molar-refractivity contribution in [1.82, 2.24) is 29.7 Å². The van der Waals surface area contributed by atoms with E-state index < -0.39 is 11.8 Å². The average molecular weight is 373 g/mol. The zero-order valence-electron chi connectivity index (χ0n) is 15.4. The van der Waals surface area contributed by atoms with Crippen LogP contribution in [-0.4, -0.2) is 67.8 Å². The molecule has 0 radical (unpaired) electrons. The Hall–Kier alpha value is -2.75. The molecule has 2 aliphatic rings. The summed E-state index contributed by atoms with van der Waals surface area (Å²) in [5.74, 6) is -1.27. The summed E-state index contributed by atoms with van der Waals surface area (Å²) in [4.78, 5) is 26.4. The third-order valence-corrected chi connectivity index (χ3v) is 5.33. The van der Waals surface area contributed by atoms with Gasteiger partial charge in [0.2, 0.25) is 5.91 Å². The van der Waals surface area contributed by atoms with Crippen LogP contribution in [0, 0.1) is 11.3 Å². The van der Waals surface area contributed by atoms with Gasteiger partial charge in [0.25, 0.3) is 5.91 Å². The average Bonchev–Trinajstić information content (AvgIpc) is 3.31. The Kier molecular flexibility index (Phi) is 4.22. The number of carbonyl (C=O) groups excluding carboxylic acids is 2. The topological polar surface area (TPSA) is 121 Å². The highest BCUT2D eigenvalue weighted by Gasteiger charge is 2.41. The minimum Gasteiger partial charge on any atom is -0.380 e. The maximum atomic E-state index is 12.9. The molecule has 0 aromatic carbocycles. The van der Waals surface area contributed by atoms with Gasteiger partial charge in [0.1, 0.15) is 0 Å². The van der Waals surface area contributed by atoms with Gasteiger partial charge < -0.3 is 15.4 Å². The van der Waals surface area contributed by atoms with E-state index in [9.17, 15) is 9.59 Å². The largest absolute Gasteiger partial charge is 0.380 e.